The molecule has 1 heterocycles. The van der Waals surface area contributed by atoms with E-state index in [4.69, 9.17) is 23.2 Å². The van der Waals surface area contributed by atoms with E-state index in [1.807, 2.05) is 20.8 Å². The average molecular weight is 320 g/mol. The quantitative estimate of drug-likeness (QED) is 0.620. The lowest BCUT2D eigenvalue weighted by Crippen LogP contribution is -2.32. The Labute approximate surface area is 128 Å². The molecule has 20 heavy (non-hydrogen) atoms. The van der Waals surface area contributed by atoms with Crippen molar-refractivity contribution in [1.29, 1.82) is 0 Å². The van der Waals surface area contributed by atoms with Gasteiger partial charge in [-0.25, -0.2) is 0 Å². The Balaban J connectivity index is 2.45. The van der Waals surface area contributed by atoms with Crippen molar-refractivity contribution in [2.75, 3.05) is 6.54 Å². The van der Waals surface area contributed by atoms with Crippen molar-refractivity contribution in [2.45, 2.75) is 40.2 Å². The highest BCUT2D eigenvalue weighted by atomic mass is 35.5. The fraction of sp³-hybridized carbons (Fsp3) is 0.615. The predicted molar refractivity (Wildman–Crippen MR) is 79.0 cm³/mol. The van der Waals surface area contributed by atoms with E-state index in [-0.39, 0.29) is 23.5 Å². The number of aromatic nitrogens is 2. The van der Waals surface area contributed by atoms with E-state index >= 15 is 0 Å². The third-order valence-corrected chi connectivity index (χ3v) is 3.77. The summed E-state index contributed by atoms with van der Waals surface area (Å²) in [6.45, 7) is 6.45. The van der Waals surface area contributed by atoms with Crippen molar-refractivity contribution in [1.82, 2.24) is 15.1 Å². The first-order chi connectivity index (χ1) is 9.32. The summed E-state index contributed by atoms with van der Waals surface area (Å²) in [6.07, 6.45) is 0.815. The van der Waals surface area contributed by atoms with Crippen LogP contribution in [0, 0.1) is 19.8 Å². The molecule has 0 aliphatic heterocycles. The first kappa shape index (κ1) is 17.0. The van der Waals surface area contributed by atoms with Crippen LogP contribution in [-0.2, 0) is 16.1 Å². The van der Waals surface area contributed by atoms with Crippen molar-refractivity contribution >= 4 is 34.4 Å². The lowest BCUT2D eigenvalue weighted by molar-refractivity contribution is -0.125. The summed E-state index contributed by atoms with van der Waals surface area (Å²) < 4.78 is 1.74. The van der Waals surface area contributed by atoms with Gasteiger partial charge in [-0.15, -0.1) is 0 Å². The molecule has 0 bridgehead atoms. The molecule has 0 aliphatic rings. The fourth-order valence-electron chi connectivity index (χ4n) is 1.81. The molecule has 1 rings (SSSR count). The summed E-state index contributed by atoms with van der Waals surface area (Å²) in [7, 11) is 0. The van der Waals surface area contributed by atoms with E-state index in [1.165, 1.54) is 0 Å². The van der Waals surface area contributed by atoms with Gasteiger partial charge in [-0.05, 0) is 31.9 Å². The molecule has 1 atom stereocenters. The Hall–Kier alpha value is -1.07. The Morgan fingerprint density at radius 1 is 1.40 bits per heavy atom. The van der Waals surface area contributed by atoms with Gasteiger partial charge in [0.1, 0.15) is 0 Å². The smallest absolute Gasteiger partial charge is 0.224 e. The molecule has 0 aromatic carbocycles. The number of carbonyl (C=O) groups excluding carboxylic acids is 2. The summed E-state index contributed by atoms with van der Waals surface area (Å²) in [5, 5.41) is 7.32. The number of carbonyl (C=O) groups is 2. The van der Waals surface area contributed by atoms with Gasteiger partial charge >= 0.3 is 0 Å². The molecule has 1 aromatic heterocycles. The topological polar surface area (TPSA) is 64.0 Å². The fourth-order valence-corrected chi connectivity index (χ4v) is 2.08. The maximum atomic E-state index is 11.9. The largest absolute Gasteiger partial charge is 0.356 e. The van der Waals surface area contributed by atoms with Gasteiger partial charge in [0.25, 0.3) is 0 Å². The first-order valence-corrected chi connectivity index (χ1v) is 7.24. The third kappa shape index (κ3) is 4.80. The zero-order chi connectivity index (χ0) is 15.3. The molecule has 0 spiro atoms. The number of hydrogen-bond acceptors (Lipinski definition) is 3. The standard InChI is InChI=1S/C13H19Cl2N3O2/c1-8(13(20)16-6-4-5-11(14)19)7-18-10(3)12(15)9(2)17-18/h8H,4-7H2,1-3H3,(H,16,20). The molecule has 0 saturated carbocycles. The average Bonchev–Trinajstić information content (AvgIpc) is 2.61. The number of aryl methyl sites for hydroxylation is 1. The zero-order valence-electron chi connectivity index (χ0n) is 11.9. The van der Waals surface area contributed by atoms with Gasteiger partial charge in [-0.2, -0.15) is 5.10 Å². The second kappa shape index (κ2) is 7.64. The van der Waals surface area contributed by atoms with Crippen LogP contribution in [0.5, 0.6) is 0 Å². The number of nitrogens with one attached hydrogen (secondary N) is 1. The molecule has 1 unspecified atom stereocenters. The van der Waals surface area contributed by atoms with Crippen LogP contribution in [0.3, 0.4) is 0 Å². The SMILES string of the molecule is Cc1nn(CC(C)C(=O)NCCCC(=O)Cl)c(C)c1Cl. The minimum atomic E-state index is -0.385. The molecule has 1 amide bonds. The number of amides is 1. The van der Waals surface area contributed by atoms with Crippen molar-refractivity contribution < 1.29 is 9.59 Å². The molecule has 0 radical (unpaired) electrons. The van der Waals surface area contributed by atoms with Gasteiger partial charge in [-0.3, -0.25) is 14.3 Å². The van der Waals surface area contributed by atoms with Crippen molar-refractivity contribution in [3.63, 3.8) is 0 Å². The van der Waals surface area contributed by atoms with Crippen LogP contribution in [0.1, 0.15) is 31.2 Å². The highest BCUT2D eigenvalue weighted by Gasteiger charge is 2.16. The predicted octanol–water partition coefficient (Wildman–Crippen LogP) is 2.45. The monoisotopic (exact) mass is 319 g/mol. The summed E-state index contributed by atoms with van der Waals surface area (Å²) in [5.74, 6) is -0.300. The van der Waals surface area contributed by atoms with E-state index in [0.29, 0.717) is 24.5 Å². The second-order valence-electron chi connectivity index (χ2n) is 4.82. The molecule has 5 nitrogen and oxygen atoms in total. The number of rotatable bonds is 7. The van der Waals surface area contributed by atoms with Gasteiger partial charge in [0.2, 0.25) is 11.1 Å². The molecule has 112 valence electrons. The molecule has 0 fully saturated rings. The minimum Gasteiger partial charge on any atom is -0.356 e. The number of halogens is 2. The first-order valence-electron chi connectivity index (χ1n) is 6.48. The molecule has 1 N–H and O–H groups in total. The lowest BCUT2D eigenvalue weighted by Gasteiger charge is -2.13. The van der Waals surface area contributed by atoms with Crippen LogP contribution in [0.2, 0.25) is 5.02 Å². The molecule has 0 saturated heterocycles. The van der Waals surface area contributed by atoms with E-state index in [2.05, 4.69) is 10.4 Å². The van der Waals surface area contributed by atoms with E-state index in [9.17, 15) is 9.59 Å². The zero-order valence-corrected chi connectivity index (χ0v) is 13.4. The van der Waals surface area contributed by atoms with Crippen LogP contribution in [0.25, 0.3) is 0 Å². The van der Waals surface area contributed by atoms with E-state index in [0.717, 1.165) is 11.4 Å². The van der Waals surface area contributed by atoms with Gasteiger partial charge in [0.05, 0.1) is 28.9 Å². The lowest BCUT2D eigenvalue weighted by atomic mass is 10.1. The van der Waals surface area contributed by atoms with Gasteiger partial charge in [-0.1, -0.05) is 18.5 Å². The van der Waals surface area contributed by atoms with Crippen LogP contribution in [0.15, 0.2) is 0 Å². The normalized spacial score (nSPS) is 12.2. The van der Waals surface area contributed by atoms with Crippen LogP contribution >= 0.6 is 23.2 Å². The van der Waals surface area contributed by atoms with Gasteiger partial charge in [0.15, 0.2) is 0 Å². The van der Waals surface area contributed by atoms with E-state index in [1.54, 1.807) is 4.68 Å². The maximum absolute atomic E-state index is 11.9. The highest BCUT2D eigenvalue weighted by Crippen LogP contribution is 2.19. The summed E-state index contributed by atoms with van der Waals surface area (Å²) in [5.41, 5.74) is 1.62. The Bertz CT molecular complexity index is 500. The van der Waals surface area contributed by atoms with Gasteiger partial charge in [0, 0.05) is 13.0 Å². The molecule has 1 aromatic rings. The molecular weight excluding hydrogens is 301 g/mol. The van der Waals surface area contributed by atoms with Crippen molar-refractivity contribution in [3.05, 3.63) is 16.4 Å². The number of nitrogens with zero attached hydrogens (tertiary/aromatic N) is 2. The van der Waals surface area contributed by atoms with Crippen LogP contribution < -0.4 is 5.32 Å². The molecular formula is C13H19Cl2N3O2. The summed E-state index contributed by atoms with van der Waals surface area (Å²) in [6, 6.07) is 0. The van der Waals surface area contributed by atoms with E-state index < -0.39 is 0 Å². The second-order valence-corrected chi connectivity index (χ2v) is 5.62. The third-order valence-electron chi connectivity index (χ3n) is 3.04. The highest BCUT2D eigenvalue weighted by molar-refractivity contribution is 6.63. The molecule has 7 heteroatoms. The Morgan fingerprint density at radius 3 is 2.55 bits per heavy atom. The van der Waals surface area contributed by atoms with Crippen LogP contribution in [-0.4, -0.2) is 27.5 Å². The van der Waals surface area contributed by atoms with Crippen molar-refractivity contribution in [2.24, 2.45) is 5.92 Å². The number of hydrogen-bond donors (Lipinski definition) is 1. The summed E-state index contributed by atoms with van der Waals surface area (Å²) in [4.78, 5) is 22.5. The molecule has 0 aliphatic carbocycles. The van der Waals surface area contributed by atoms with Crippen molar-refractivity contribution in [3.8, 4) is 0 Å². The Morgan fingerprint density at radius 2 is 2.05 bits per heavy atom. The Kier molecular flexibility index (Phi) is 6.49. The minimum absolute atomic E-state index is 0.0734. The van der Waals surface area contributed by atoms with Crippen LogP contribution in [0.4, 0.5) is 0 Å². The van der Waals surface area contributed by atoms with Gasteiger partial charge < -0.3 is 5.32 Å². The maximum Gasteiger partial charge on any atom is 0.224 e. The summed E-state index contributed by atoms with van der Waals surface area (Å²) >= 11 is 11.3.